The quantitative estimate of drug-likeness (QED) is 0.229. The maximum atomic E-state index is 11.3. The van der Waals surface area contributed by atoms with Crippen LogP contribution in [-0.2, 0) is 10.0 Å². The first-order valence-corrected chi connectivity index (χ1v) is 9.59. The summed E-state index contributed by atoms with van der Waals surface area (Å²) in [7, 11) is -1.54. The van der Waals surface area contributed by atoms with Crippen LogP contribution < -0.4 is 15.4 Å². The monoisotopic (exact) mass is 508 g/mol. The second kappa shape index (κ2) is 11.3. The zero-order chi connectivity index (χ0) is 17.5. The van der Waals surface area contributed by atoms with Crippen molar-refractivity contribution in [3.8, 4) is 0 Å². The molecule has 1 atom stereocenters. The van der Waals surface area contributed by atoms with Crippen molar-refractivity contribution >= 4 is 63.2 Å². The molecular weight excluding hydrogens is 486 g/mol. The van der Waals surface area contributed by atoms with Gasteiger partial charge in [-0.2, -0.15) is 0 Å². The van der Waals surface area contributed by atoms with E-state index in [1.807, 2.05) is 13.0 Å². The molecule has 6 nitrogen and oxygen atoms in total. The van der Waals surface area contributed by atoms with Gasteiger partial charge in [0.2, 0.25) is 10.0 Å². The third kappa shape index (κ3) is 8.19. The summed E-state index contributed by atoms with van der Waals surface area (Å²) in [5.41, 5.74) is 0.894. The molecule has 0 fully saturated rings. The minimum atomic E-state index is -3.18. The van der Waals surface area contributed by atoms with Crippen LogP contribution in [0.25, 0.3) is 0 Å². The van der Waals surface area contributed by atoms with E-state index in [0.29, 0.717) is 22.5 Å². The van der Waals surface area contributed by atoms with E-state index in [1.165, 1.54) is 0 Å². The van der Waals surface area contributed by atoms with Crippen molar-refractivity contribution < 1.29 is 8.42 Å². The minimum absolute atomic E-state index is 0. The molecule has 0 amide bonds. The second-order valence-electron chi connectivity index (χ2n) is 4.83. The van der Waals surface area contributed by atoms with Crippen LogP contribution in [0.3, 0.4) is 0 Å². The molecular formula is C14H23Cl2IN4O2S. The van der Waals surface area contributed by atoms with Crippen LogP contribution in [0.4, 0.5) is 0 Å². The van der Waals surface area contributed by atoms with Crippen molar-refractivity contribution in [3.63, 3.8) is 0 Å². The average Bonchev–Trinajstić information content (AvgIpc) is 2.50. The molecule has 0 saturated carbocycles. The van der Waals surface area contributed by atoms with Gasteiger partial charge in [-0.05, 0) is 31.5 Å². The zero-order valence-corrected chi connectivity index (χ0v) is 18.4. The van der Waals surface area contributed by atoms with Gasteiger partial charge >= 0.3 is 0 Å². The molecule has 1 aromatic rings. The van der Waals surface area contributed by atoms with Crippen LogP contribution in [-0.4, -0.2) is 40.3 Å². The first-order valence-electron chi connectivity index (χ1n) is 7.18. The summed E-state index contributed by atoms with van der Waals surface area (Å²) < 4.78 is 25.1. The Bertz CT molecular complexity index is 656. The van der Waals surface area contributed by atoms with Crippen LogP contribution in [0.15, 0.2) is 23.2 Å². The van der Waals surface area contributed by atoms with Gasteiger partial charge < -0.3 is 10.6 Å². The van der Waals surface area contributed by atoms with Gasteiger partial charge in [-0.15, -0.1) is 24.0 Å². The van der Waals surface area contributed by atoms with Crippen molar-refractivity contribution in [2.45, 2.75) is 19.9 Å². The van der Waals surface area contributed by atoms with E-state index < -0.39 is 10.0 Å². The largest absolute Gasteiger partial charge is 0.355 e. The lowest BCUT2D eigenvalue weighted by Crippen LogP contribution is -2.42. The van der Waals surface area contributed by atoms with Gasteiger partial charge in [0.25, 0.3) is 0 Å². The maximum absolute atomic E-state index is 11.3. The molecule has 1 aromatic carbocycles. The Hall–Kier alpha value is -0.290. The SMILES string of the molecule is CCS(=O)(=O)NCCNC(=NC)NC(C)c1ccc(Cl)cc1Cl.I. The van der Waals surface area contributed by atoms with Crippen molar-refractivity contribution in [1.29, 1.82) is 0 Å². The number of halogens is 3. The molecule has 0 spiro atoms. The van der Waals surface area contributed by atoms with E-state index >= 15 is 0 Å². The summed E-state index contributed by atoms with van der Waals surface area (Å²) in [6.45, 7) is 4.24. The number of rotatable bonds is 7. The van der Waals surface area contributed by atoms with E-state index in [1.54, 1.807) is 26.1 Å². The normalized spacial score (nSPS) is 13.1. The molecule has 0 aliphatic heterocycles. The lowest BCUT2D eigenvalue weighted by molar-refractivity contribution is 0.581. The van der Waals surface area contributed by atoms with E-state index in [0.717, 1.165) is 5.56 Å². The molecule has 0 aliphatic rings. The Morgan fingerprint density at radius 2 is 1.96 bits per heavy atom. The van der Waals surface area contributed by atoms with Gasteiger partial charge in [-0.25, -0.2) is 13.1 Å². The highest BCUT2D eigenvalue weighted by atomic mass is 127. The van der Waals surface area contributed by atoms with Crippen LogP contribution in [0.1, 0.15) is 25.5 Å². The first-order chi connectivity index (χ1) is 10.8. The fourth-order valence-corrected chi connectivity index (χ4v) is 3.01. The standard InChI is InChI=1S/C14H22Cl2N4O2S.HI/c1-4-23(21,22)19-8-7-18-14(17-3)20-10(2)12-6-5-11(15)9-13(12)16;/h5-6,9-10,19H,4,7-8H2,1-3H3,(H2,17,18,20);1H. The smallest absolute Gasteiger partial charge is 0.211 e. The summed E-state index contributed by atoms with van der Waals surface area (Å²) in [6.07, 6.45) is 0. The molecule has 3 N–H and O–H groups in total. The molecule has 10 heteroatoms. The van der Waals surface area contributed by atoms with E-state index in [2.05, 4.69) is 20.3 Å². The Morgan fingerprint density at radius 1 is 1.29 bits per heavy atom. The molecule has 0 heterocycles. The average molecular weight is 509 g/mol. The third-order valence-electron chi connectivity index (χ3n) is 3.13. The van der Waals surface area contributed by atoms with Gasteiger partial charge in [0.1, 0.15) is 0 Å². The van der Waals surface area contributed by atoms with Crippen LogP contribution in [0, 0.1) is 0 Å². The minimum Gasteiger partial charge on any atom is -0.355 e. The highest BCUT2D eigenvalue weighted by Gasteiger charge is 2.12. The third-order valence-corrected chi connectivity index (χ3v) is 5.09. The number of hydrogen-bond donors (Lipinski definition) is 3. The molecule has 1 rings (SSSR count). The topological polar surface area (TPSA) is 82.6 Å². The molecule has 24 heavy (non-hydrogen) atoms. The maximum Gasteiger partial charge on any atom is 0.211 e. The van der Waals surface area contributed by atoms with Crippen LogP contribution in [0.5, 0.6) is 0 Å². The molecule has 0 aliphatic carbocycles. The Morgan fingerprint density at radius 3 is 2.50 bits per heavy atom. The fraction of sp³-hybridized carbons (Fsp3) is 0.500. The summed E-state index contributed by atoms with van der Waals surface area (Å²) in [4.78, 5) is 4.10. The number of nitrogens with one attached hydrogen (secondary N) is 3. The molecule has 138 valence electrons. The Kier molecular flexibility index (Phi) is 11.2. The van der Waals surface area contributed by atoms with Crippen molar-refractivity contribution in [1.82, 2.24) is 15.4 Å². The van der Waals surface area contributed by atoms with Crippen molar-refractivity contribution in [2.24, 2.45) is 4.99 Å². The lowest BCUT2D eigenvalue weighted by Gasteiger charge is -2.19. The number of guanidine groups is 1. The van der Waals surface area contributed by atoms with Crippen molar-refractivity contribution in [2.75, 3.05) is 25.9 Å². The predicted molar refractivity (Wildman–Crippen MR) is 112 cm³/mol. The summed E-state index contributed by atoms with van der Waals surface area (Å²) in [5, 5.41) is 7.38. The van der Waals surface area contributed by atoms with E-state index in [4.69, 9.17) is 23.2 Å². The van der Waals surface area contributed by atoms with E-state index in [-0.39, 0.29) is 42.3 Å². The number of hydrogen-bond acceptors (Lipinski definition) is 3. The van der Waals surface area contributed by atoms with Gasteiger partial charge in [-0.3, -0.25) is 4.99 Å². The highest BCUT2D eigenvalue weighted by Crippen LogP contribution is 2.25. The molecule has 0 radical (unpaired) electrons. The molecule has 0 aromatic heterocycles. The second-order valence-corrected chi connectivity index (χ2v) is 7.77. The van der Waals surface area contributed by atoms with E-state index in [9.17, 15) is 8.42 Å². The lowest BCUT2D eigenvalue weighted by atomic mass is 10.1. The number of sulfonamides is 1. The number of nitrogens with zero attached hydrogens (tertiary/aromatic N) is 1. The molecule has 0 saturated heterocycles. The van der Waals surface area contributed by atoms with Gasteiger partial charge in [-0.1, -0.05) is 29.3 Å². The highest BCUT2D eigenvalue weighted by molar-refractivity contribution is 14.0. The Labute approximate surface area is 170 Å². The Balaban J connectivity index is 0.00000529. The summed E-state index contributed by atoms with van der Waals surface area (Å²) in [6, 6.07) is 5.23. The fourth-order valence-electron chi connectivity index (χ4n) is 1.82. The predicted octanol–water partition coefficient (Wildman–Crippen LogP) is 2.78. The summed E-state index contributed by atoms with van der Waals surface area (Å²) in [5.74, 6) is 0.616. The van der Waals surface area contributed by atoms with Gasteiger partial charge in [0.05, 0.1) is 11.8 Å². The molecule has 1 unspecified atom stereocenters. The van der Waals surface area contributed by atoms with Crippen molar-refractivity contribution in [3.05, 3.63) is 33.8 Å². The van der Waals surface area contributed by atoms with Gasteiger partial charge in [0, 0.05) is 30.2 Å². The number of benzene rings is 1. The number of aliphatic imine (C=N–C) groups is 1. The first kappa shape index (κ1) is 23.7. The summed E-state index contributed by atoms with van der Waals surface area (Å²) >= 11 is 12.1. The van der Waals surface area contributed by atoms with Crippen LogP contribution in [0.2, 0.25) is 10.0 Å². The zero-order valence-electron chi connectivity index (χ0n) is 13.8. The van der Waals surface area contributed by atoms with Gasteiger partial charge in [0.15, 0.2) is 5.96 Å². The van der Waals surface area contributed by atoms with Crippen LogP contribution >= 0.6 is 47.2 Å². The molecule has 0 bridgehead atoms.